The highest BCUT2D eigenvalue weighted by molar-refractivity contribution is 5.91. The second kappa shape index (κ2) is 8.27. The highest BCUT2D eigenvalue weighted by Gasteiger charge is 2.13. The van der Waals surface area contributed by atoms with Gasteiger partial charge in [0.25, 0.3) is 5.91 Å². The van der Waals surface area contributed by atoms with E-state index < -0.39 is 0 Å². The molecule has 1 heterocycles. The molecule has 3 aromatic rings. The second-order valence-electron chi connectivity index (χ2n) is 6.23. The van der Waals surface area contributed by atoms with Crippen LogP contribution in [0.3, 0.4) is 0 Å². The number of rotatable bonds is 6. The maximum Gasteiger partial charge on any atom is 0.263 e. The maximum atomic E-state index is 12.4. The monoisotopic (exact) mass is 376 g/mol. The number of aryl methyl sites for hydroxylation is 2. The Bertz CT molecular complexity index is 1030. The van der Waals surface area contributed by atoms with Gasteiger partial charge in [-0.3, -0.25) is 4.79 Å². The number of carbonyl (C=O) groups is 1. The van der Waals surface area contributed by atoms with Crippen molar-refractivity contribution in [3.8, 4) is 23.3 Å². The average Bonchev–Trinajstić information content (AvgIpc) is 3.06. The lowest BCUT2D eigenvalue weighted by molar-refractivity contribution is -0.118. The first-order valence-corrected chi connectivity index (χ1v) is 8.64. The van der Waals surface area contributed by atoms with Gasteiger partial charge in [0.15, 0.2) is 18.1 Å². The fourth-order valence-electron chi connectivity index (χ4n) is 2.65. The van der Waals surface area contributed by atoms with Gasteiger partial charge < -0.3 is 14.8 Å². The van der Waals surface area contributed by atoms with Crippen LogP contribution in [-0.2, 0) is 4.79 Å². The molecule has 0 unspecified atom stereocenters. The molecule has 0 saturated carbocycles. The van der Waals surface area contributed by atoms with Gasteiger partial charge in [0.1, 0.15) is 5.82 Å². The lowest BCUT2D eigenvalue weighted by Crippen LogP contribution is -2.22. The quantitative estimate of drug-likeness (QED) is 0.712. The molecule has 0 aliphatic carbocycles. The van der Waals surface area contributed by atoms with Crippen LogP contribution < -0.4 is 14.8 Å². The summed E-state index contributed by atoms with van der Waals surface area (Å²) in [5, 5.41) is 16.2. The van der Waals surface area contributed by atoms with Crippen LogP contribution in [0.25, 0.3) is 5.69 Å². The van der Waals surface area contributed by atoms with Crippen LogP contribution in [0.1, 0.15) is 16.8 Å². The molecule has 0 atom stereocenters. The van der Waals surface area contributed by atoms with Gasteiger partial charge in [-0.05, 0) is 38.1 Å². The van der Waals surface area contributed by atoms with Crippen molar-refractivity contribution in [2.45, 2.75) is 13.8 Å². The summed E-state index contributed by atoms with van der Waals surface area (Å²) in [4.78, 5) is 12.4. The molecule has 1 N–H and O–H groups in total. The highest BCUT2D eigenvalue weighted by Crippen LogP contribution is 2.27. The summed E-state index contributed by atoms with van der Waals surface area (Å²) in [7, 11) is 1.48. The fourth-order valence-corrected chi connectivity index (χ4v) is 2.65. The maximum absolute atomic E-state index is 12.4. The molecule has 3 rings (SSSR count). The number of amides is 1. The number of methoxy groups -OCH3 is 1. The third-order valence-corrected chi connectivity index (χ3v) is 4.03. The van der Waals surface area contributed by atoms with E-state index in [2.05, 4.69) is 10.4 Å². The Morgan fingerprint density at radius 1 is 1.14 bits per heavy atom. The summed E-state index contributed by atoms with van der Waals surface area (Å²) >= 11 is 0. The van der Waals surface area contributed by atoms with Crippen molar-refractivity contribution >= 4 is 11.7 Å². The first-order chi connectivity index (χ1) is 13.5. The van der Waals surface area contributed by atoms with E-state index in [1.807, 2.05) is 44.2 Å². The fraction of sp³-hybridized carbons (Fsp3) is 0.190. The van der Waals surface area contributed by atoms with Crippen LogP contribution in [0.2, 0.25) is 0 Å². The van der Waals surface area contributed by atoms with Gasteiger partial charge in [-0.2, -0.15) is 10.4 Å². The topological polar surface area (TPSA) is 89.2 Å². The number of hydrogen-bond donors (Lipinski definition) is 1. The first kappa shape index (κ1) is 19.0. The number of ether oxygens (including phenoxy) is 2. The summed E-state index contributed by atoms with van der Waals surface area (Å²) < 4.78 is 12.4. The van der Waals surface area contributed by atoms with E-state index in [0.717, 1.165) is 16.9 Å². The van der Waals surface area contributed by atoms with Crippen molar-refractivity contribution in [2.24, 2.45) is 0 Å². The zero-order valence-electron chi connectivity index (χ0n) is 15.9. The SMILES string of the molecule is COc1cc(C#N)ccc1OCC(=O)Nc1cc(C)nn1-c1ccc(C)cc1. The van der Waals surface area contributed by atoms with Crippen molar-refractivity contribution in [3.05, 3.63) is 65.4 Å². The molecule has 0 bridgehead atoms. The lowest BCUT2D eigenvalue weighted by atomic mass is 10.2. The standard InChI is InChI=1S/C21H20N4O3/c1-14-4-7-17(8-5-14)25-20(10-15(2)24-25)23-21(26)13-28-18-9-6-16(12-22)11-19(18)27-3/h4-11H,13H2,1-3H3,(H,23,26). The first-order valence-electron chi connectivity index (χ1n) is 8.64. The molecule has 7 nitrogen and oxygen atoms in total. The van der Waals surface area contributed by atoms with Gasteiger partial charge in [-0.15, -0.1) is 0 Å². The predicted molar refractivity (Wildman–Crippen MR) is 105 cm³/mol. The largest absolute Gasteiger partial charge is 0.493 e. The van der Waals surface area contributed by atoms with E-state index in [-0.39, 0.29) is 12.5 Å². The molecule has 142 valence electrons. The molecule has 7 heteroatoms. The van der Waals surface area contributed by atoms with Gasteiger partial charge >= 0.3 is 0 Å². The predicted octanol–water partition coefficient (Wildman–Crippen LogP) is 3.39. The van der Waals surface area contributed by atoms with E-state index in [0.29, 0.717) is 22.9 Å². The highest BCUT2D eigenvalue weighted by atomic mass is 16.5. The smallest absolute Gasteiger partial charge is 0.263 e. The van der Waals surface area contributed by atoms with Crippen LogP contribution in [0.5, 0.6) is 11.5 Å². The zero-order chi connectivity index (χ0) is 20.1. The molecule has 0 aliphatic heterocycles. The summed E-state index contributed by atoms with van der Waals surface area (Å²) in [6.07, 6.45) is 0. The molecular formula is C21H20N4O3. The third kappa shape index (κ3) is 4.30. The van der Waals surface area contributed by atoms with Gasteiger partial charge in [-0.25, -0.2) is 4.68 Å². The summed E-state index contributed by atoms with van der Waals surface area (Å²) in [5.41, 5.74) is 3.23. The summed E-state index contributed by atoms with van der Waals surface area (Å²) in [6, 6.07) is 16.4. The van der Waals surface area contributed by atoms with Crippen molar-refractivity contribution in [1.82, 2.24) is 9.78 Å². The van der Waals surface area contributed by atoms with Gasteiger partial charge in [0.05, 0.1) is 30.1 Å². The van der Waals surface area contributed by atoms with Crippen molar-refractivity contribution in [1.29, 1.82) is 5.26 Å². The molecule has 2 aromatic carbocycles. The Morgan fingerprint density at radius 3 is 2.57 bits per heavy atom. The van der Waals surface area contributed by atoms with Crippen LogP contribution in [0.4, 0.5) is 5.82 Å². The molecule has 0 aliphatic rings. The molecule has 1 aromatic heterocycles. The number of anilines is 1. The van der Waals surface area contributed by atoms with E-state index in [1.165, 1.54) is 7.11 Å². The molecule has 0 fully saturated rings. The number of nitriles is 1. The van der Waals surface area contributed by atoms with E-state index in [9.17, 15) is 4.79 Å². The number of hydrogen-bond acceptors (Lipinski definition) is 5. The molecule has 0 spiro atoms. The Balaban J connectivity index is 1.71. The van der Waals surface area contributed by atoms with Crippen molar-refractivity contribution in [3.63, 3.8) is 0 Å². The van der Waals surface area contributed by atoms with Gasteiger partial charge in [0.2, 0.25) is 0 Å². The minimum absolute atomic E-state index is 0.208. The number of nitrogens with zero attached hydrogens (tertiary/aromatic N) is 3. The van der Waals surface area contributed by atoms with Crippen molar-refractivity contribution < 1.29 is 14.3 Å². The number of carbonyl (C=O) groups excluding carboxylic acids is 1. The van der Waals surface area contributed by atoms with Gasteiger partial charge in [0, 0.05) is 12.1 Å². The van der Waals surface area contributed by atoms with Crippen LogP contribution in [0.15, 0.2) is 48.5 Å². The Morgan fingerprint density at radius 2 is 1.89 bits per heavy atom. The molecular weight excluding hydrogens is 356 g/mol. The lowest BCUT2D eigenvalue weighted by Gasteiger charge is -2.12. The third-order valence-electron chi connectivity index (χ3n) is 4.03. The van der Waals surface area contributed by atoms with Gasteiger partial charge in [-0.1, -0.05) is 17.7 Å². The van der Waals surface area contributed by atoms with E-state index >= 15 is 0 Å². The molecule has 1 amide bonds. The molecule has 28 heavy (non-hydrogen) atoms. The molecule has 0 saturated heterocycles. The molecule has 0 radical (unpaired) electrons. The normalized spacial score (nSPS) is 10.2. The number of aromatic nitrogens is 2. The number of nitrogens with one attached hydrogen (secondary N) is 1. The van der Waals surface area contributed by atoms with Crippen LogP contribution in [0, 0.1) is 25.2 Å². The van der Waals surface area contributed by atoms with Crippen LogP contribution >= 0.6 is 0 Å². The number of benzene rings is 2. The zero-order valence-corrected chi connectivity index (χ0v) is 15.9. The Labute approximate surface area is 163 Å². The Kier molecular flexibility index (Phi) is 5.61. The van der Waals surface area contributed by atoms with Crippen LogP contribution in [-0.4, -0.2) is 29.4 Å². The Hall–Kier alpha value is -3.79. The second-order valence-corrected chi connectivity index (χ2v) is 6.23. The van der Waals surface area contributed by atoms with E-state index in [1.54, 1.807) is 28.9 Å². The van der Waals surface area contributed by atoms with Crippen molar-refractivity contribution in [2.75, 3.05) is 19.0 Å². The summed E-state index contributed by atoms with van der Waals surface area (Å²) in [5.74, 6) is 1.01. The minimum atomic E-state index is -0.334. The average molecular weight is 376 g/mol. The van der Waals surface area contributed by atoms with E-state index in [4.69, 9.17) is 14.7 Å². The summed E-state index contributed by atoms with van der Waals surface area (Å²) in [6.45, 7) is 3.66. The minimum Gasteiger partial charge on any atom is -0.493 e.